The first kappa shape index (κ1) is 17.8. The lowest BCUT2D eigenvalue weighted by Crippen LogP contribution is -2.49. The second-order valence-corrected chi connectivity index (χ2v) is 8.03. The number of hydrogen-bond acceptors (Lipinski definition) is 4. The van der Waals surface area contributed by atoms with Crippen LogP contribution in [0.1, 0.15) is 63.4 Å². The van der Waals surface area contributed by atoms with Gasteiger partial charge in [-0.05, 0) is 68.1 Å². The van der Waals surface area contributed by atoms with Crippen LogP contribution < -0.4 is 4.74 Å². The van der Waals surface area contributed by atoms with Crippen molar-refractivity contribution in [3.05, 3.63) is 29.6 Å². The van der Waals surface area contributed by atoms with Gasteiger partial charge in [-0.2, -0.15) is 5.26 Å². The zero-order valence-electron chi connectivity index (χ0n) is 15.1. The highest BCUT2D eigenvalue weighted by atomic mass is 19.1. The molecule has 1 unspecified atom stereocenters. The highest BCUT2D eigenvalue weighted by Crippen LogP contribution is 2.55. The summed E-state index contributed by atoms with van der Waals surface area (Å²) in [4.78, 5) is 0. The Labute approximate surface area is 154 Å². The monoisotopic (exact) mass is 359 g/mol. The Kier molecular flexibility index (Phi) is 4.90. The van der Waals surface area contributed by atoms with E-state index < -0.39 is 5.60 Å². The lowest BCUT2D eigenvalue weighted by molar-refractivity contribution is -0.191. The molecule has 1 atom stereocenters. The van der Waals surface area contributed by atoms with Crippen LogP contribution in [-0.4, -0.2) is 19.5 Å². The summed E-state index contributed by atoms with van der Waals surface area (Å²) in [6.07, 6.45) is 7.99. The first-order chi connectivity index (χ1) is 12.6. The van der Waals surface area contributed by atoms with Crippen molar-refractivity contribution in [2.24, 2.45) is 5.41 Å². The van der Waals surface area contributed by atoms with Crippen LogP contribution in [0.25, 0.3) is 0 Å². The van der Waals surface area contributed by atoms with Gasteiger partial charge in [0.15, 0.2) is 6.29 Å². The van der Waals surface area contributed by atoms with Crippen molar-refractivity contribution >= 4 is 0 Å². The van der Waals surface area contributed by atoms with Gasteiger partial charge in [0.25, 0.3) is 0 Å². The van der Waals surface area contributed by atoms with Gasteiger partial charge in [-0.25, -0.2) is 4.39 Å². The molecule has 3 aliphatic heterocycles. The van der Waals surface area contributed by atoms with Crippen LogP contribution in [-0.2, 0) is 15.1 Å². The Bertz CT molecular complexity index is 668. The van der Waals surface area contributed by atoms with Gasteiger partial charge in [0.1, 0.15) is 11.6 Å². The van der Waals surface area contributed by atoms with Gasteiger partial charge in [-0.3, -0.25) is 0 Å². The first-order valence-corrected chi connectivity index (χ1v) is 9.73. The normalized spacial score (nSPS) is 33.6. The number of nitrogens with zero attached hydrogens (tertiary/aromatic N) is 1. The smallest absolute Gasteiger partial charge is 0.199 e. The van der Waals surface area contributed by atoms with Crippen LogP contribution in [0.3, 0.4) is 0 Å². The Balaban J connectivity index is 1.50. The fourth-order valence-electron chi connectivity index (χ4n) is 4.63. The van der Waals surface area contributed by atoms with Crippen LogP contribution in [0.2, 0.25) is 0 Å². The minimum absolute atomic E-state index is 0.139. The highest BCUT2D eigenvalue weighted by Gasteiger charge is 2.50. The summed E-state index contributed by atoms with van der Waals surface area (Å²) >= 11 is 0. The van der Waals surface area contributed by atoms with Crippen LogP contribution in [0.15, 0.2) is 18.2 Å². The maximum absolute atomic E-state index is 14.3. The van der Waals surface area contributed by atoms with Gasteiger partial charge < -0.3 is 14.2 Å². The maximum Gasteiger partial charge on any atom is 0.199 e. The number of fused-ring (bicyclic) bond motifs is 3. The maximum atomic E-state index is 14.3. The van der Waals surface area contributed by atoms with Crippen molar-refractivity contribution in [1.82, 2.24) is 0 Å². The lowest BCUT2D eigenvalue weighted by atomic mass is 9.62. The minimum atomic E-state index is -0.415. The van der Waals surface area contributed by atoms with Crippen LogP contribution in [0.5, 0.6) is 5.75 Å². The summed E-state index contributed by atoms with van der Waals surface area (Å²) in [5.41, 5.74) is 0.596. The Morgan fingerprint density at radius 1 is 1.19 bits per heavy atom. The van der Waals surface area contributed by atoms with Gasteiger partial charge in [-0.15, -0.1) is 0 Å². The number of nitriles is 1. The summed E-state index contributed by atoms with van der Waals surface area (Å²) < 4.78 is 32.1. The molecule has 3 saturated heterocycles. The molecule has 3 heterocycles. The molecule has 1 aliphatic carbocycles. The predicted octanol–water partition coefficient (Wildman–Crippen LogP) is 4.82. The average molecular weight is 359 g/mol. The molecule has 1 aromatic carbocycles. The quantitative estimate of drug-likeness (QED) is 0.756. The van der Waals surface area contributed by atoms with E-state index in [1.165, 1.54) is 6.07 Å². The van der Waals surface area contributed by atoms with Crippen molar-refractivity contribution in [3.8, 4) is 11.8 Å². The standard InChI is InChI=1S/C21H26FNO3/c22-17-12-16(13-18(14-17)26-19-4-1-2-11-24-19)21-8-6-20(7-9-21,15-25-21)5-3-10-23/h12-14,19H,1-9,11,15H2. The van der Waals surface area contributed by atoms with Crippen molar-refractivity contribution in [3.63, 3.8) is 0 Å². The van der Waals surface area contributed by atoms with E-state index >= 15 is 0 Å². The van der Waals surface area contributed by atoms with Gasteiger partial charge in [0, 0.05) is 18.9 Å². The van der Waals surface area contributed by atoms with Crippen LogP contribution in [0.4, 0.5) is 4.39 Å². The summed E-state index contributed by atoms with van der Waals surface area (Å²) in [5.74, 6) is 0.231. The van der Waals surface area contributed by atoms with Crippen molar-refractivity contribution in [2.45, 2.75) is 69.7 Å². The molecule has 1 saturated carbocycles. The molecule has 0 radical (unpaired) electrons. The van der Waals surface area contributed by atoms with Gasteiger partial charge in [0.2, 0.25) is 0 Å². The van der Waals surface area contributed by atoms with Crippen molar-refractivity contribution in [1.29, 1.82) is 5.26 Å². The van der Waals surface area contributed by atoms with E-state index in [0.29, 0.717) is 25.4 Å². The van der Waals surface area contributed by atoms with E-state index in [0.717, 1.165) is 56.9 Å². The summed E-state index contributed by atoms with van der Waals surface area (Å²) in [6, 6.07) is 7.19. The molecular formula is C21H26FNO3. The van der Waals surface area contributed by atoms with Crippen LogP contribution >= 0.6 is 0 Å². The molecule has 0 amide bonds. The second-order valence-electron chi connectivity index (χ2n) is 8.03. The van der Waals surface area contributed by atoms with E-state index in [4.69, 9.17) is 19.5 Å². The lowest BCUT2D eigenvalue weighted by Gasteiger charge is -2.53. The van der Waals surface area contributed by atoms with Gasteiger partial charge in [0.05, 0.1) is 24.9 Å². The van der Waals surface area contributed by atoms with E-state index in [1.54, 1.807) is 6.07 Å². The zero-order chi connectivity index (χ0) is 18.0. The molecule has 0 spiro atoms. The largest absolute Gasteiger partial charge is 0.465 e. The molecule has 4 nitrogen and oxygen atoms in total. The third-order valence-corrected chi connectivity index (χ3v) is 6.34. The molecule has 0 N–H and O–H groups in total. The summed E-state index contributed by atoms with van der Waals surface area (Å²) in [5, 5.41) is 8.89. The predicted molar refractivity (Wildman–Crippen MR) is 94.0 cm³/mol. The molecule has 1 aromatic rings. The van der Waals surface area contributed by atoms with Gasteiger partial charge >= 0.3 is 0 Å². The van der Waals surface area contributed by atoms with Crippen LogP contribution in [0, 0.1) is 22.6 Å². The summed E-state index contributed by atoms with van der Waals surface area (Å²) in [7, 11) is 0. The van der Waals surface area contributed by atoms with E-state index in [2.05, 4.69) is 6.07 Å². The van der Waals surface area contributed by atoms with Crippen molar-refractivity contribution < 1.29 is 18.6 Å². The number of benzene rings is 1. The number of rotatable bonds is 5. The fraction of sp³-hybridized carbons (Fsp3) is 0.667. The van der Waals surface area contributed by atoms with Gasteiger partial charge in [-0.1, -0.05) is 0 Å². The average Bonchev–Trinajstić information content (AvgIpc) is 2.68. The Morgan fingerprint density at radius 2 is 2.04 bits per heavy atom. The first-order valence-electron chi connectivity index (χ1n) is 9.73. The Hall–Kier alpha value is -1.64. The molecule has 140 valence electrons. The number of hydrogen-bond donors (Lipinski definition) is 0. The third-order valence-electron chi connectivity index (χ3n) is 6.34. The van der Waals surface area contributed by atoms with E-state index in [9.17, 15) is 4.39 Å². The second kappa shape index (κ2) is 7.17. The minimum Gasteiger partial charge on any atom is -0.465 e. The topological polar surface area (TPSA) is 51.5 Å². The number of halogens is 1. The molecular weight excluding hydrogens is 333 g/mol. The van der Waals surface area contributed by atoms with E-state index in [1.807, 2.05) is 6.07 Å². The molecule has 4 aliphatic rings. The fourth-order valence-corrected chi connectivity index (χ4v) is 4.63. The molecule has 0 aromatic heterocycles. The highest BCUT2D eigenvalue weighted by molar-refractivity contribution is 5.35. The summed E-state index contributed by atoms with van der Waals surface area (Å²) in [6.45, 7) is 1.36. The SMILES string of the molecule is N#CCCC12CCC(c3cc(F)cc(OC4CCCCO4)c3)(CC1)OC2. The molecule has 5 rings (SSSR count). The van der Waals surface area contributed by atoms with E-state index in [-0.39, 0.29) is 17.5 Å². The molecule has 5 heteroatoms. The number of ether oxygens (including phenoxy) is 3. The molecule has 4 fully saturated rings. The molecule has 26 heavy (non-hydrogen) atoms. The van der Waals surface area contributed by atoms with Crippen molar-refractivity contribution in [2.75, 3.05) is 13.2 Å². The third kappa shape index (κ3) is 3.45. The Morgan fingerprint density at radius 3 is 2.69 bits per heavy atom. The zero-order valence-corrected chi connectivity index (χ0v) is 15.1. The molecule has 2 bridgehead atoms.